The average Bonchev–Trinajstić information content (AvgIpc) is 3.02. The lowest BCUT2D eigenvalue weighted by Crippen LogP contribution is -2.12. The molecule has 0 spiro atoms. The van der Waals surface area contributed by atoms with Crippen LogP contribution >= 0.6 is 0 Å². The highest BCUT2D eigenvalue weighted by Gasteiger charge is 2.10. The Morgan fingerprint density at radius 3 is 2.57 bits per heavy atom. The van der Waals surface area contributed by atoms with Crippen molar-refractivity contribution in [3.8, 4) is 17.5 Å². The molecular formula is C16H11N5O2. The topological polar surface area (TPSA) is 105 Å². The molecule has 1 amide bonds. The number of aryl methyl sites for hydroxylation is 1. The Kier molecular flexibility index (Phi) is 3.80. The predicted octanol–water partition coefficient (Wildman–Crippen LogP) is 2.56. The standard InChI is InChI=1S/C16H11N5O2/c1-10-19-16(23-21-10)13-5-3-12(4-6-13)15(22)20-14-7-2-11(8-17)9-18-14/h2-7,9H,1H3,(H,18,20,22). The van der Waals surface area contributed by atoms with Crippen LogP contribution in [-0.4, -0.2) is 21.0 Å². The van der Waals surface area contributed by atoms with Crippen LogP contribution in [0.25, 0.3) is 11.5 Å². The Balaban J connectivity index is 1.73. The number of pyridine rings is 1. The molecule has 0 bridgehead atoms. The van der Waals surface area contributed by atoms with Crippen molar-refractivity contribution in [2.45, 2.75) is 6.92 Å². The first-order chi connectivity index (χ1) is 11.2. The summed E-state index contributed by atoms with van der Waals surface area (Å²) in [6.45, 7) is 1.74. The average molecular weight is 305 g/mol. The van der Waals surface area contributed by atoms with Gasteiger partial charge in [0, 0.05) is 17.3 Å². The number of carbonyl (C=O) groups excluding carboxylic acids is 1. The fourth-order valence-corrected chi connectivity index (χ4v) is 1.90. The largest absolute Gasteiger partial charge is 0.334 e. The van der Waals surface area contributed by atoms with Gasteiger partial charge in [-0.3, -0.25) is 4.79 Å². The highest BCUT2D eigenvalue weighted by molar-refractivity contribution is 6.03. The van der Waals surface area contributed by atoms with Gasteiger partial charge in [-0.1, -0.05) is 5.16 Å². The number of benzene rings is 1. The molecule has 3 aromatic rings. The molecular weight excluding hydrogens is 294 g/mol. The minimum Gasteiger partial charge on any atom is -0.334 e. The summed E-state index contributed by atoms with van der Waals surface area (Å²) in [5.41, 5.74) is 1.64. The Morgan fingerprint density at radius 2 is 2.00 bits per heavy atom. The zero-order valence-corrected chi connectivity index (χ0v) is 12.1. The normalized spacial score (nSPS) is 10.1. The Bertz CT molecular complexity index is 876. The number of amides is 1. The molecule has 7 nitrogen and oxygen atoms in total. The predicted molar refractivity (Wildman–Crippen MR) is 81.4 cm³/mol. The van der Waals surface area contributed by atoms with Crippen molar-refractivity contribution in [3.63, 3.8) is 0 Å². The Hall–Kier alpha value is -3.53. The molecule has 0 aliphatic rings. The summed E-state index contributed by atoms with van der Waals surface area (Å²) in [5.74, 6) is 1.04. The SMILES string of the molecule is Cc1noc(-c2ccc(C(=O)Nc3ccc(C#N)cn3)cc2)n1. The number of hydrogen-bond acceptors (Lipinski definition) is 6. The molecule has 0 fully saturated rings. The molecule has 1 aromatic carbocycles. The number of rotatable bonds is 3. The maximum absolute atomic E-state index is 12.2. The quantitative estimate of drug-likeness (QED) is 0.797. The number of anilines is 1. The summed E-state index contributed by atoms with van der Waals surface area (Å²) < 4.78 is 5.07. The fourth-order valence-electron chi connectivity index (χ4n) is 1.90. The van der Waals surface area contributed by atoms with Gasteiger partial charge < -0.3 is 9.84 Å². The van der Waals surface area contributed by atoms with Gasteiger partial charge in [-0.2, -0.15) is 10.2 Å². The van der Waals surface area contributed by atoms with Gasteiger partial charge in [0.1, 0.15) is 11.9 Å². The third kappa shape index (κ3) is 3.22. The van der Waals surface area contributed by atoms with Gasteiger partial charge in [-0.05, 0) is 43.3 Å². The van der Waals surface area contributed by atoms with Gasteiger partial charge in [-0.15, -0.1) is 0 Å². The van der Waals surface area contributed by atoms with Crippen LogP contribution in [0.1, 0.15) is 21.7 Å². The zero-order valence-electron chi connectivity index (χ0n) is 12.1. The molecule has 0 aliphatic carbocycles. The van der Waals surface area contributed by atoms with Gasteiger partial charge in [0.15, 0.2) is 5.82 Å². The summed E-state index contributed by atoms with van der Waals surface area (Å²) in [7, 11) is 0. The van der Waals surface area contributed by atoms with Crippen molar-refractivity contribution >= 4 is 11.7 Å². The molecule has 2 aromatic heterocycles. The van der Waals surface area contributed by atoms with Crippen LogP contribution in [0.2, 0.25) is 0 Å². The molecule has 0 radical (unpaired) electrons. The molecule has 3 rings (SSSR count). The molecule has 0 saturated carbocycles. The first-order valence-corrected chi connectivity index (χ1v) is 6.74. The van der Waals surface area contributed by atoms with E-state index in [0.717, 1.165) is 5.56 Å². The van der Waals surface area contributed by atoms with E-state index in [0.29, 0.717) is 28.7 Å². The first kappa shape index (κ1) is 14.4. The number of nitrogens with one attached hydrogen (secondary N) is 1. The van der Waals surface area contributed by atoms with E-state index in [2.05, 4.69) is 20.4 Å². The highest BCUT2D eigenvalue weighted by atomic mass is 16.5. The van der Waals surface area contributed by atoms with Crippen molar-refractivity contribution in [1.29, 1.82) is 5.26 Å². The fraction of sp³-hybridized carbons (Fsp3) is 0.0625. The smallest absolute Gasteiger partial charge is 0.257 e. The van der Waals surface area contributed by atoms with E-state index in [-0.39, 0.29) is 5.91 Å². The summed E-state index contributed by atoms with van der Waals surface area (Å²) in [4.78, 5) is 20.3. The van der Waals surface area contributed by atoms with Crippen LogP contribution in [0.4, 0.5) is 5.82 Å². The van der Waals surface area contributed by atoms with Gasteiger partial charge >= 0.3 is 0 Å². The number of nitriles is 1. The molecule has 23 heavy (non-hydrogen) atoms. The lowest BCUT2D eigenvalue weighted by atomic mass is 10.1. The molecule has 0 atom stereocenters. The summed E-state index contributed by atoms with van der Waals surface area (Å²) in [6, 6.07) is 11.9. The molecule has 7 heteroatoms. The van der Waals surface area contributed by atoms with E-state index < -0.39 is 0 Å². The highest BCUT2D eigenvalue weighted by Crippen LogP contribution is 2.18. The summed E-state index contributed by atoms with van der Waals surface area (Å²) in [5, 5.41) is 15.1. The van der Waals surface area contributed by atoms with Crippen LogP contribution in [0, 0.1) is 18.3 Å². The van der Waals surface area contributed by atoms with Gasteiger partial charge in [0.25, 0.3) is 11.8 Å². The first-order valence-electron chi connectivity index (χ1n) is 6.74. The van der Waals surface area contributed by atoms with E-state index in [1.165, 1.54) is 6.20 Å². The van der Waals surface area contributed by atoms with E-state index >= 15 is 0 Å². The molecule has 0 saturated heterocycles. The van der Waals surface area contributed by atoms with Crippen LogP contribution in [0.3, 0.4) is 0 Å². The molecule has 1 N–H and O–H groups in total. The zero-order chi connectivity index (χ0) is 16.2. The van der Waals surface area contributed by atoms with Crippen molar-refractivity contribution in [2.75, 3.05) is 5.32 Å². The van der Waals surface area contributed by atoms with Crippen LogP contribution in [0.15, 0.2) is 47.1 Å². The third-order valence-corrected chi connectivity index (χ3v) is 3.06. The van der Waals surface area contributed by atoms with Gasteiger partial charge in [0.2, 0.25) is 0 Å². The van der Waals surface area contributed by atoms with Gasteiger partial charge in [0.05, 0.1) is 5.56 Å². The minimum absolute atomic E-state index is 0.296. The van der Waals surface area contributed by atoms with Gasteiger partial charge in [-0.25, -0.2) is 4.98 Å². The molecule has 2 heterocycles. The van der Waals surface area contributed by atoms with E-state index in [1.54, 1.807) is 43.3 Å². The van der Waals surface area contributed by atoms with E-state index in [9.17, 15) is 4.79 Å². The van der Waals surface area contributed by atoms with Crippen LogP contribution < -0.4 is 5.32 Å². The number of carbonyl (C=O) groups is 1. The second kappa shape index (κ2) is 6.07. The van der Waals surface area contributed by atoms with E-state index in [1.807, 2.05) is 6.07 Å². The summed E-state index contributed by atoms with van der Waals surface area (Å²) in [6.07, 6.45) is 1.40. The maximum Gasteiger partial charge on any atom is 0.257 e. The number of aromatic nitrogens is 3. The second-order valence-corrected chi connectivity index (χ2v) is 4.72. The lowest BCUT2D eigenvalue weighted by Gasteiger charge is -2.04. The lowest BCUT2D eigenvalue weighted by molar-refractivity contribution is 0.102. The minimum atomic E-state index is -0.296. The van der Waals surface area contributed by atoms with Crippen molar-refractivity contribution in [2.24, 2.45) is 0 Å². The summed E-state index contributed by atoms with van der Waals surface area (Å²) >= 11 is 0. The Morgan fingerprint density at radius 1 is 1.22 bits per heavy atom. The monoisotopic (exact) mass is 305 g/mol. The molecule has 0 aliphatic heterocycles. The molecule has 0 unspecified atom stereocenters. The van der Waals surface area contributed by atoms with E-state index in [4.69, 9.17) is 9.78 Å². The maximum atomic E-state index is 12.2. The van der Waals surface area contributed by atoms with Crippen molar-refractivity contribution in [1.82, 2.24) is 15.1 Å². The second-order valence-electron chi connectivity index (χ2n) is 4.72. The van der Waals surface area contributed by atoms with Crippen molar-refractivity contribution < 1.29 is 9.32 Å². The number of hydrogen-bond donors (Lipinski definition) is 1. The van der Waals surface area contributed by atoms with Crippen LogP contribution in [-0.2, 0) is 0 Å². The van der Waals surface area contributed by atoms with Crippen LogP contribution in [0.5, 0.6) is 0 Å². The third-order valence-electron chi connectivity index (χ3n) is 3.06. The molecule has 112 valence electrons. The van der Waals surface area contributed by atoms with Crippen molar-refractivity contribution in [3.05, 3.63) is 59.5 Å². The Labute approximate surface area is 131 Å². The number of nitrogens with zero attached hydrogens (tertiary/aromatic N) is 4.